The Morgan fingerprint density at radius 1 is 1.41 bits per heavy atom. The molecule has 0 aromatic carbocycles. The first kappa shape index (κ1) is 21.3. The fraction of sp³-hybridized carbons (Fsp3) is 0.700. The molecule has 0 spiro atoms. The van der Waals surface area contributed by atoms with Crippen molar-refractivity contribution in [1.82, 2.24) is 9.78 Å². The summed E-state index contributed by atoms with van der Waals surface area (Å²) in [7, 11) is -3.45. The van der Waals surface area contributed by atoms with Crippen molar-refractivity contribution >= 4 is 50.1 Å². The van der Waals surface area contributed by atoms with E-state index in [1.165, 1.54) is 16.9 Å². The third-order valence-corrected chi connectivity index (χ3v) is 5.96. The van der Waals surface area contributed by atoms with Crippen molar-refractivity contribution in [2.75, 3.05) is 11.0 Å². The van der Waals surface area contributed by atoms with Crippen LogP contribution in [0.3, 0.4) is 0 Å². The van der Waals surface area contributed by atoms with Gasteiger partial charge in [0.1, 0.15) is 5.82 Å². The molecule has 0 aliphatic heterocycles. The van der Waals surface area contributed by atoms with Crippen LogP contribution in [0.4, 0.5) is 5.82 Å². The number of rotatable bonds is 4. The van der Waals surface area contributed by atoms with E-state index in [9.17, 15) is 17.2 Å². The number of aromatic nitrogens is 2. The molecule has 5 unspecified atom stereocenters. The maximum Gasteiger partial charge on any atom is 1.00 e. The first-order chi connectivity index (χ1) is 9.69. The Labute approximate surface area is 184 Å². The maximum atomic E-state index is 11.3. The predicted molar refractivity (Wildman–Crippen MR) is 81.0 cm³/mol. The minimum atomic E-state index is -3.45. The number of alkyl halides is 2. The van der Waals surface area contributed by atoms with Crippen molar-refractivity contribution in [3.63, 3.8) is 0 Å². The van der Waals surface area contributed by atoms with Gasteiger partial charge in [0.2, 0.25) is 10.0 Å². The van der Waals surface area contributed by atoms with Gasteiger partial charge < -0.3 is 4.55 Å². The smallest absolute Gasteiger partial charge is 0.772 e. The van der Waals surface area contributed by atoms with Crippen LogP contribution in [0, 0.1) is 0 Å². The van der Waals surface area contributed by atoms with Crippen molar-refractivity contribution in [2.45, 2.75) is 34.9 Å². The molecular weight excluding hydrogens is 400 g/mol. The minimum absolute atomic E-state index is 0. The van der Waals surface area contributed by atoms with Crippen LogP contribution in [-0.4, -0.2) is 49.2 Å². The molecule has 22 heavy (non-hydrogen) atoms. The Hall–Kier alpha value is 1.29. The molecule has 0 saturated heterocycles. The summed E-state index contributed by atoms with van der Waals surface area (Å²) in [5.41, 5.74) is 0. The Kier molecular flexibility index (Phi) is 8.33. The van der Waals surface area contributed by atoms with Crippen LogP contribution in [0.15, 0.2) is 12.3 Å². The second-order valence-electron chi connectivity index (χ2n) is 4.90. The molecule has 5 atom stereocenters. The standard InChI is InChI=1S/C10H15Cl2N3O4S2.K/c1-21(18,19)14-10-2-3-13-15(10)8-4-7(12)9(20(16)17)5-6(8)11;/h2-3,6-9,14H,4-5H2,1H3,(H,16,17);/q;+1/p-1. The zero-order valence-electron chi connectivity index (χ0n) is 12.0. The number of nitrogens with zero attached hydrogens (tertiary/aromatic N) is 2. The van der Waals surface area contributed by atoms with Crippen LogP contribution in [0.2, 0.25) is 0 Å². The van der Waals surface area contributed by atoms with E-state index in [1.807, 2.05) is 0 Å². The quantitative estimate of drug-likeness (QED) is 0.351. The Balaban J connectivity index is 0.00000242. The van der Waals surface area contributed by atoms with Gasteiger partial charge in [-0.2, -0.15) is 5.10 Å². The number of hydrogen-bond donors (Lipinski definition) is 1. The summed E-state index contributed by atoms with van der Waals surface area (Å²) < 4.78 is 48.6. The SMILES string of the molecule is CS(=O)(=O)Nc1ccnn1C1CC(Cl)C(S(=O)[O-])CC1Cl.[K+]. The number of sulfonamides is 1. The van der Waals surface area contributed by atoms with Crippen LogP contribution in [0.5, 0.6) is 0 Å². The first-order valence-electron chi connectivity index (χ1n) is 6.06. The van der Waals surface area contributed by atoms with Crippen molar-refractivity contribution in [3.05, 3.63) is 12.3 Å². The average molecular weight is 414 g/mol. The molecule has 0 amide bonds. The van der Waals surface area contributed by atoms with E-state index in [-0.39, 0.29) is 76.1 Å². The summed E-state index contributed by atoms with van der Waals surface area (Å²) in [6.07, 6.45) is 2.95. The molecule has 1 aromatic rings. The second-order valence-corrected chi connectivity index (χ2v) is 8.90. The van der Waals surface area contributed by atoms with E-state index >= 15 is 0 Å². The summed E-state index contributed by atoms with van der Waals surface area (Å²) in [4.78, 5) is 0. The molecular formula is C10H14Cl2KN3O4S2. The normalized spacial score (nSPS) is 30.4. The largest absolute Gasteiger partial charge is 1.00 e. The van der Waals surface area contributed by atoms with Gasteiger partial charge in [0.25, 0.3) is 0 Å². The van der Waals surface area contributed by atoms with Crippen molar-refractivity contribution in [1.29, 1.82) is 0 Å². The van der Waals surface area contributed by atoms with Crippen molar-refractivity contribution in [2.24, 2.45) is 0 Å². The maximum absolute atomic E-state index is 11.3. The molecule has 1 aliphatic carbocycles. The fourth-order valence-corrected chi connectivity index (χ4v) is 4.66. The van der Waals surface area contributed by atoms with Gasteiger partial charge in [0.15, 0.2) is 0 Å². The molecule has 1 fully saturated rings. The van der Waals surface area contributed by atoms with E-state index in [0.717, 1.165) is 6.26 Å². The van der Waals surface area contributed by atoms with Crippen molar-refractivity contribution < 1.29 is 68.6 Å². The Bertz CT molecular complexity index is 642. The third-order valence-electron chi connectivity index (χ3n) is 3.27. The molecule has 120 valence electrons. The molecule has 2 rings (SSSR count). The Morgan fingerprint density at radius 2 is 2.05 bits per heavy atom. The third kappa shape index (κ3) is 5.40. The zero-order valence-corrected chi connectivity index (χ0v) is 18.2. The molecule has 7 nitrogen and oxygen atoms in total. The van der Waals surface area contributed by atoms with Gasteiger partial charge in [0, 0.05) is 16.7 Å². The van der Waals surface area contributed by atoms with Gasteiger partial charge in [-0.15, -0.1) is 23.2 Å². The van der Waals surface area contributed by atoms with Gasteiger partial charge in [-0.05, 0) is 12.8 Å². The molecule has 1 N–H and O–H groups in total. The van der Waals surface area contributed by atoms with Crippen LogP contribution >= 0.6 is 23.2 Å². The predicted octanol–water partition coefficient (Wildman–Crippen LogP) is -1.94. The van der Waals surface area contributed by atoms with Crippen LogP contribution in [0.1, 0.15) is 18.9 Å². The first-order valence-corrected chi connectivity index (χ1v) is 9.97. The van der Waals surface area contributed by atoms with Gasteiger partial charge >= 0.3 is 51.4 Å². The molecule has 1 aromatic heterocycles. The Morgan fingerprint density at radius 3 is 2.59 bits per heavy atom. The molecule has 12 heteroatoms. The number of nitrogens with one attached hydrogen (secondary N) is 1. The van der Waals surface area contributed by atoms with Crippen molar-refractivity contribution in [3.8, 4) is 0 Å². The fourth-order valence-electron chi connectivity index (χ4n) is 2.36. The van der Waals surface area contributed by atoms with E-state index in [1.54, 1.807) is 0 Å². The second kappa shape index (κ2) is 8.59. The van der Waals surface area contributed by atoms with Gasteiger partial charge in [-0.3, -0.25) is 8.93 Å². The molecule has 1 aliphatic rings. The zero-order chi connectivity index (χ0) is 15.8. The van der Waals surface area contributed by atoms with E-state index in [2.05, 4.69) is 9.82 Å². The average Bonchev–Trinajstić information content (AvgIpc) is 2.76. The molecule has 0 radical (unpaired) electrons. The van der Waals surface area contributed by atoms with Crippen LogP contribution in [0.25, 0.3) is 0 Å². The van der Waals surface area contributed by atoms with Gasteiger partial charge in [-0.25, -0.2) is 13.1 Å². The molecule has 0 bridgehead atoms. The molecule has 1 saturated carbocycles. The summed E-state index contributed by atoms with van der Waals surface area (Å²) >= 11 is 10.1. The summed E-state index contributed by atoms with van der Waals surface area (Å²) in [5.74, 6) is 0.277. The number of hydrogen-bond acceptors (Lipinski definition) is 5. The number of halogens is 2. The van der Waals surface area contributed by atoms with Gasteiger partial charge in [-0.1, -0.05) is 11.1 Å². The van der Waals surface area contributed by atoms with E-state index < -0.39 is 37.1 Å². The van der Waals surface area contributed by atoms with Gasteiger partial charge in [0.05, 0.1) is 23.9 Å². The van der Waals surface area contributed by atoms with E-state index in [0.29, 0.717) is 0 Å². The summed E-state index contributed by atoms with van der Waals surface area (Å²) in [6, 6.07) is 1.12. The van der Waals surface area contributed by atoms with E-state index in [4.69, 9.17) is 23.2 Å². The summed E-state index contributed by atoms with van der Waals surface area (Å²) in [6.45, 7) is 0. The topological polar surface area (TPSA) is 104 Å². The van der Waals surface area contributed by atoms with Crippen LogP contribution in [-0.2, 0) is 21.1 Å². The summed E-state index contributed by atoms with van der Waals surface area (Å²) in [5, 5.41) is 2.25. The monoisotopic (exact) mass is 413 g/mol. The molecule has 1 heterocycles. The minimum Gasteiger partial charge on any atom is -0.772 e. The van der Waals surface area contributed by atoms with Crippen LogP contribution < -0.4 is 56.1 Å². The number of anilines is 1.